The predicted molar refractivity (Wildman–Crippen MR) is 112 cm³/mol. The average Bonchev–Trinajstić information content (AvgIpc) is 3.04. The molecule has 0 amide bonds. The summed E-state index contributed by atoms with van der Waals surface area (Å²) in [6.45, 7) is 8.48. The lowest BCUT2D eigenvalue weighted by atomic mass is 9.86. The Kier molecular flexibility index (Phi) is 5.96. The minimum Gasteiger partial charge on any atom is -0.297 e. The van der Waals surface area contributed by atoms with Crippen LogP contribution in [0.15, 0.2) is 54.6 Å². The molecule has 28 heavy (non-hydrogen) atoms. The van der Waals surface area contributed by atoms with Crippen molar-refractivity contribution in [3.8, 4) is 0 Å². The van der Waals surface area contributed by atoms with E-state index in [1.807, 2.05) is 49.4 Å². The SMILES string of the molecule is CC(NS(=O)(=O)C1CON(C)C1c1ccc(C(C)(C)C)cc1)c1ccccc1. The van der Waals surface area contributed by atoms with Gasteiger partial charge in [-0.25, -0.2) is 13.1 Å². The van der Waals surface area contributed by atoms with Crippen molar-refractivity contribution in [2.45, 2.75) is 50.4 Å². The number of sulfonamides is 1. The first-order chi connectivity index (χ1) is 13.1. The van der Waals surface area contributed by atoms with Crippen molar-refractivity contribution in [3.63, 3.8) is 0 Å². The van der Waals surface area contributed by atoms with E-state index in [2.05, 4.69) is 37.6 Å². The van der Waals surface area contributed by atoms with Crippen LogP contribution in [0.5, 0.6) is 0 Å². The van der Waals surface area contributed by atoms with Crippen molar-refractivity contribution in [3.05, 3.63) is 71.3 Å². The van der Waals surface area contributed by atoms with Gasteiger partial charge in [0.1, 0.15) is 5.25 Å². The van der Waals surface area contributed by atoms with Crippen molar-refractivity contribution in [1.82, 2.24) is 9.79 Å². The number of rotatable bonds is 5. The second kappa shape index (κ2) is 7.95. The highest BCUT2D eigenvalue weighted by atomic mass is 32.2. The summed E-state index contributed by atoms with van der Waals surface area (Å²) >= 11 is 0. The molecule has 1 aliphatic rings. The first-order valence-electron chi connectivity index (χ1n) is 9.62. The quantitative estimate of drug-likeness (QED) is 0.823. The lowest BCUT2D eigenvalue weighted by Gasteiger charge is -2.26. The lowest BCUT2D eigenvalue weighted by molar-refractivity contribution is -0.110. The van der Waals surface area contributed by atoms with Crippen LogP contribution in [0.1, 0.15) is 56.5 Å². The minimum absolute atomic E-state index is 0.0504. The van der Waals surface area contributed by atoms with Crippen molar-refractivity contribution >= 4 is 10.0 Å². The second-order valence-electron chi connectivity index (χ2n) is 8.49. The molecule has 0 spiro atoms. The van der Waals surface area contributed by atoms with Crippen molar-refractivity contribution in [2.75, 3.05) is 13.7 Å². The second-order valence-corrected chi connectivity index (χ2v) is 10.4. The molecule has 1 fully saturated rings. The van der Waals surface area contributed by atoms with Gasteiger partial charge < -0.3 is 0 Å². The summed E-state index contributed by atoms with van der Waals surface area (Å²) in [5, 5.41) is 0.979. The standard InChI is InChI=1S/C22H30N2O3S/c1-16(17-9-7-6-8-10-17)23-28(25,26)20-15-27-24(5)21(20)18-11-13-19(14-12-18)22(2,3)4/h6-14,16,20-21,23H,15H2,1-5H3. The first kappa shape index (κ1) is 21.0. The highest BCUT2D eigenvalue weighted by Gasteiger charge is 2.43. The van der Waals surface area contributed by atoms with Crippen LogP contribution in [0.3, 0.4) is 0 Å². The number of benzene rings is 2. The fraction of sp³-hybridized carbons (Fsp3) is 0.455. The summed E-state index contributed by atoms with van der Waals surface area (Å²) in [6.07, 6.45) is 0. The zero-order valence-corrected chi connectivity index (χ0v) is 18.0. The lowest BCUT2D eigenvalue weighted by Crippen LogP contribution is -2.40. The number of nitrogens with one attached hydrogen (secondary N) is 1. The Labute approximate surface area is 168 Å². The third-order valence-corrected chi connectivity index (χ3v) is 7.22. The van der Waals surface area contributed by atoms with Crippen molar-refractivity contribution in [1.29, 1.82) is 0 Å². The summed E-state index contributed by atoms with van der Waals surface area (Å²) in [5.41, 5.74) is 3.14. The maximum atomic E-state index is 13.2. The van der Waals surface area contributed by atoms with Gasteiger partial charge in [0.25, 0.3) is 0 Å². The molecule has 2 aromatic rings. The van der Waals surface area contributed by atoms with Gasteiger partial charge in [-0.3, -0.25) is 4.84 Å². The number of nitrogens with zero attached hydrogens (tertiary/aromatic N) is 1. The summed E-state index contributed by atoms with van der Waals surface area (Å²) in [5.74, 6) is 0. The maximum Gasteiger partial charge on any atom is 0.219 e. The van der Waals surface area contributed by atoms with E-state index < -0.39 is 15.3 Å². The highest BCUT2D eigenvalue weighted by molar-refractivity contribution is 7.90. The zero-order valence-electron chi connectivity index (χ0n) is 17.2. The monoisotopic (exact) mass is 402 g/mol. The molecule has 0 saturated carbocycles. The van der Waals surface area contributed by atoms with Crippen LogP contribution in [0, 0.1) is 0 Å². The van der Waals surface area contributed by atoms with Crippen LogP contribution in [-0.2, 0) is 20.3 Å². The van der Waals surface area contributed by atoms with Gasteiger partial charge in [0.05, 0.1) is 12.6 Å². The Morgan fingerprint density at radius 2 is 1.68 bits per heavy atom. The Morgan fingerprint density at radius 3 is 2.25 bits per heavy atom. The molecule has 3 unspecified atom stereocenters. The fourth-order valence-electron chi connectivity index (χ4n) is 3.60. The van der Waals surface area contributed by atoms with Gasteiger partial charge in [0.15, 0.2) is 0 Å². The molecule has 3 atom stereocenters. The van der Waals surface area contributed by atoms with Gasteiger partial charge in [0, 0.05) is 13.1 Å². The predicted octanol–water partition coefficient (Wildman–Crippen LogP) is 3.95. The maximum absolute atomic E-state index is 13.2. The molecule has 0 aliphatic carbocycles. The Bertz CT molecular complexity index is 890. The Hall–Kier alpha value is -1.73. The molecule has 1 heterocycles. The molecule has 152 valence electrons. The highest BCUT2D eigenvalue weighted by Crippen LogP contribution is 2.35. The van der Waals surface area contributed by atoms with Gasteiger partial charge in [0.2, 0.25) is 10.0 Å². The van der Waals surface area contributed by atoms with E-state index in [0.717, 1.165) is 11.1 Å². The summed E-state index contributed by atoms with van der Waals surface area (Å²) in [6, 6.07) is 17.1. The molecule has 0 radical (unpaired) electrons. The Balaban J connectivity index is 1.84. The number of hydrogen-bond acceptors (Lipinski definition) is 4. The largest absolute Gasteiger partial charge is 0.297 e. The smallest absolute Gasteiger partial charge is 0.219 e. The van der Waals surface area contributed by atoms with E-state index >= 15 is 0 Å². The topological polar surface area (TPSA) is 58.6 Å². The summed E-state index contributed by atoms with van der Waals surface area (Å²) in [4.78, 5) is 5.62. The third kappa shape index (κ3) is 4.46. The molecule has 0 aromatic heterocycles. The molecule has 0 bridgehead atoms. The van der Waals surface area contributed by atoms with Gasteiger partial charge in [-0.05, 0) is 29.0 Å². The van der Waals surface area contributed by atoms with Crippen LogP contribution in [0.4, 0.5) is 0 Å². The van der Waals surface area contributed by atoms with Crippen LogP contribution < -0.4 is 4.72 Å². The molecule has 6 heteroatoms. The average molecular weight is 403 g/mol. The van der Waals surface area contributed by atoms with Crippen molar-refractivity contribution in [2.24, 2.45) is 0 Å². The van der Waals surface area contributed by atoms with E-state index in [4.69, 9.17) is 4.84 Å². The van der Waals surface area contributed by atoms with E-state index in [-0.39, 0.29) is 24.1 Å². The Morgan fingerprint density at radius 1 is 1.07 bits per heavy atom. The van der Waals surface area contributed by atoms with Gasteiger partial charge in [-0.15, -0.1) is 0 Å². The van der Waals surface area contributed by atoms with Crippen LogP contribution in [0.2, 0.25) is 0 Å². The van der Waals surface area contributed by atoms with Crippen LogP contribution in [-0.4, -0.2) is 32.4 Å². The molecular formula is C22H30N2O3S. The van der Waals surface area contributed by atoms with E-state index in [0.29, 0.717) is 0 Å². The van der Waals surface area contributed by atoms with Gasteiger partial charge in [-0.1, -0.05) is 75.4 Å². The van der Waals surface area contributed by atoms with Crippen LogP contribution >= 0.6 is 0 Å². The molecule has 3 rings (SSSR count). The fourth-order valence-corrected chi connectivity index (χ4v) is 5.32. The number of hydrogen-bond donors (Lipinski definition) is 1. The summed E-state index contributed by atoms with van der Waals surface area (Å²) in [7, 11) is -1.80. The van der Waals surface area contributed by atoms with E-state index in [9.17, 15) is 8.42 Å². The van der Waals surface area contributed by atoms with E-state index in [1.165, 1.54) is 5.56 Å². The first-order valence-corrected chi connectivity index (χ1v) is 11.2. The molecule has 2 aromatic carbocycles. The molecule has 1 saturated heterocycles. The molecular weight excluding hydrogens is 372 g/mol. The van der Waals surface area contributed by atoms with Gasteiger partial charge in [-0.2, -0.15) is 5.06 Å². The molecule has 5 nitrogen and oxygen atoms in total. The van der Waals surface area contributed by atoms with Crippen molar-refractivity contribution < 1.29 is 13.3 Å². The van der Waals surface area contributed by atoms with E-state index in [1.54, 1.807) is 12.1 Å². The minimum atomic E-state index is -3.59. The van der Waals surface area contributed by atoms with Crippen LogP contribution in [0.25, 0.3) is 0 Å². The third-order valence-electron chi connectivity index (χ3n) is 5.34. The number of hydroxylamine groups is 2. The molecule has 1 aliphatic heterocycles. The zero-order chi connectivity index (χ0) is 20.5. The normalized spacial score (nSPS) is 22.3. The van der Waals surface area contributed by atoms with Gasteiger partial charge >= 0.3 is 0 Å². The molecule has 1 N–H and O–H groups in total. The summed E-state index contributed by atoms with van der Waals surface area (Å²) < 4.78 is 29.1.